The maximum absolute atomic E-state index is 11.5. The van der Waals surface area contributed by atoms with Gasteiger partial charge >= 0.3 is 29.6 Å². The molecule has 4 nitrogen and oxygen atoms in total. The first-order valence-electron chi connectivity index (χ1n) is 7.56. The molecule has 0 radical (unpaired) electrons. The number of hydrogen-bond donors (Lipinski definition) is 1. The van der Waals surface area contributed by atoms with Crippen molar-refractivity contribution in [3.63, 3.8) is 0 Å². The molecular formula is C20H15NaO4. The van der Waals surface area contributed by atoms with Crippen molar-refractivity contribution in [2.24, 2.45) is 5.92 Å². The number of aromatic hydroxyl groups is 1. The summed E-state index contributed by atoms with van der Waals surface area (Å²) < 4.78 is 0. The summed E-state index contributed by atoms with van der Waals surface area (Å²) in [6.45, 7) is 0. The molecule has 3 rings (SSSR count). The van der Waals surface area contributed by atoms with Crippen LogP contribution >= 0.6 is 0 Å². The van der Waals surface area contributed by atoms with Crippen LogP contribution in [-0.2, 0) is 4.79 Å². The average molecular weight is 342 g/mol. The van der Waals surface area contributed by atoms with Crippen LogP contribution in [0.1, 0.15) is 27.4 Å². The van der Waals surface area contributed by atoms with E-state index in [9.17, 15) is 19.8 Å². The van der Waals surface area contributed by atoms with E-state index in [0.717, 1.165) is 5.56 Å². The maximum atomic E-state index is 11.5. The fourth-order valence-electron chi connectivity index (χ4n) is 3.00. The summed E-state index contributed by atoms with van der Waals surface area (Å²) in [5.41, 5.74) is 1.57. The molecule has 1 atom stereocenters. The van der Waals surface area contributed by atoms with Gasteiger partial charge in [0.05, 0.1) is 5.97 Å². The molecule has 0 amide bonds. The van der Waals surface area contributed by atoms with Crippen LogP contribution in [0.15, 0.2) is 72.8 Å². The van der Waals surface area contributed by atoms with E-state index in [-0.39, 0.29) is 58.5 Å². The van der Waals surface area contributed by atoms with Gasteiger partial charge in [-0.25, -0.2) is 0 Å². The minimum Gasteiger partial charge on any atom is -0.545 e. The third-order valence-corrected chi connectivity index (χ3v) is 4.12. The molecule has 1 unspecified atom stereocenters. The molecule has 0 saturated carbocycles. The van der Waals surface area contributed by atoms with Gasteiger partial charge in [-0.3, -0.25) is 4.79 Å². The second-order valence-electron chi connectivity index (χ2n) is 5.64. The van der Waals surface area contributed by atoms with Crippen molar-refractivity contribution in [2.45, 2.75) is 5.92 Å². The van der Waals surface area contributed by atoms with Crippen LogP contribution in [0.5, 0.6) is 5.75 Å². The van der Waals surface area contributed by atoms with Gasteiger partial charge in [0.2, 0.25) is 0 Å². The topological polar surface area (TPSA) is 77.4 Å². The van der Waals surface area contributed by atoms with E-state index in [1.54, 1.807) is 54.6 Å². The predicted molar refractivity (Wildman–Crippen MR) is 87.5 cm³/mol. The number of ketones is 1. The summed E-state index contributed by atoms with van der Waals surface area (Å²) >= 11 is 0. The van der Waals surface area contributed by atoms with Gasteiger partial charge in [-0.05, 0) is 35.4 Å². The molecule has 0 spiro atoms. The number of benzene rings is 2. The number of phenols is 1. The first-order chi connectivity index (χ1) is 11.6. The van der Waals surface area contributed by atoms with Gasteiger partial charge in [0.25, 0.3) is 0 Å². The quantitative estimate of drug-likeness (QED) is 0.739. The molecule has 120 valence electrons. The number of allylic oxidation sites excluding steroid dienone is 4. The zero-order chi connectivity index (χ0) is 17.1. The number of rotatable bonds is 4. The zero-order valence-electron chi connectivity index (χ0n) is 13.8. The number of carboxylic acid groups (broad SMARTS) is 1. The number of hydrogen-bond acceptors (Lipinski definition) is 4. The van der Waals surface area contributed by atoms with E-state index < -0.39 is 5.97 Å². The Labute approximate surface area is 167 Å². The summed E-state index contributed by atoms with van der Waals surface area (Å²) in [6.07, 6.45) is 6.51. The number of carbonyl (C=O) groups excluding carboxylic acids is 2. The second kappa shape index (κ2) is 8.30. The van der Waals surface area contributed by atoms with Crippen molar-refractivity contribution in [1.29, 1.82) is 0 Å². The Morgan fingerprint density at radius 1 is 1.00 bits per heavy atom. The Hall–Kier alpha value is -2.14. The van der Waals surface area contributed by atoms with Crippen molar-refractivity contribution in [1.82, 2.24) is 0 Å². The first kappa shape index (κ1) is 19.2. The van der Waals surface area contributed by atoms with Gasteiger partial charge in [0.1, 0.15) is 5.75 Å². The Morgan fingerprint density at radius 3 is 2.20 bits per heavy atom. The molecule has 25 heavy (non-hydrogen) atoms. The second-order valence-corrected chi connectivity index (χ2v) is 5.64. The van der Waals surface area contributed by atoms with Crippen LogP contribution < -0.4 is 34.7 Å². The average Bonchev–Trinajstić information content (AvgIpc) is 2.59. The van der Waals surface area contributed by atoms with E-state index in [0.29, 0.717) is 5.56 Å². The van der Waals surface area contributed by atoms with Crippen molar-refractivity contribution in [3.8, 4) is 5.75 Å². The number of aromatic carboxylic acids is 1. The third-order valence-electron chi connectivity index (χ3n) is 4.12. The van der Waals surface area contributed by atoms with Crippen molar-refractivity contribution in [3.05, 3.63) is 89.5 Å². The van der Waals surface area contributed by atoms with Crippen LogP contribution in [0.3, 0.4) is 0 Å². The summed E-state index contributed by atoms with van der Waals surface area (Å²) in [5, 5.41) is 21.0. The molecule has 1 N–H and O–H groups in total. The number of carboxylic acids is 1. The number of phenolic OH excluding ortho intramolecular Hbond substituents is 1. The predicted octanol–water partition coefficient (Wildman–Crippen LogP) is -0.797. The smallest absolute Gasteiger partial charge is 0.545 e. The van der Waals surface area contributed by atoms with Crippen molar-refractivity contribution < 1.29 is 49.4 Å². The van der Waals surface area contributed by atoms with Gasteiger partial charge in [0.15, 0.2) is 5.78 Å². The monoisotopic (exact) mass is 342 g/mol. The summed E-state index contributed by atoms with van der Waals surface area (Å²) in [4.78, 5) is 22.9. The van der Waals surface area contributed by atoms with Crippen molar-refractivity contribution in [2.75, 3.05) is 0 Å². The molecule has 2 aromatic carbocycles. The zero-order valence-corrected chi connectivity index (χ0v) is 15.8. The molecule has 0 heterocycles. The summed E-state index contributed by atoms with van der Waals surface area (Å²) in [7, 11) is 0. The van der Waals surface area contributed by atoms with Gasteiger partial charge in [-0.15, -0.1) is 0 Å². The Kier molecular flexibility index (Phi) is 6.37. The molecule has 2 aromatic rings. The molecule has 0 aromatic heterocycles. The van der Waals surface area contributed by atoms with E-state index >= 15 is 0 Å². The summed E-state index contributed by atoms with van der Waals surface area (Å²) in [6, 6.07) is 13.3. The minimum atomic E-state index is -1.24. The Bertz CT molecular complexity index is 821. The molecule has 5 heteroatoms. The third kappa shape index (κ3) is 4.28. The fourth-order valence-corrected chi connectivity index (χ4v) is 3.00. The summed E-state index contributed by atoms with van der Waals surface area (Å²) in [5.74, 6) is -1.68. The maximum Gasteiger partial charge on any atom is 1.00 e. The van der Waals surface area contributed by atoms with E-state index in [2.05, 4.69) is 0 Å². The van der Waals surface area contributed by atoms with Gasteiger partial charge in [-0.2, -0.15) is 0 Å². The SMILES string of the molecule is O=C1C=CC(C(c2ccc(O)cc2)c2ccccc2C(=O)[O-])C=C1.[Na+]. The largest absolute Gasteiger partial charge is 1.00 e. The number of carbonyl (C=O) groups is 2. The molecular weight excluding hydrogens is 327 g/mol. The van der Waals surface area contributed by atoms with Crippen LogP contribution in [0.4, 0.5) is 0 Å². The van der Waals surface area contributed by atoms with Gasteiger partial charge in [-0.1, -0.05) is 48.6 Å². The van der Waals surface area contributed by atoms with Gasteiger partial charge < -0.3 is 15.0 Å². The van der Waals surface area contributed by atoms with Gasteiger partial charge in [0, 0.05) is 17.4 Å². The molecule has 1 aliphatic rings. The Balaban J connectivity index is 0.00000225. The van der Waals surface area contributed by atoms with Crippen LogP contribution in [0, 0.1) is 5.92 Å². The standard InChI is InChI=1S/C20H16O4.Na/c21-15-9-5-13(6-10-15)19(14-7-11-16(22)12-8-14)17-3-1-2-4-18(17)20(23)24;/h1-13,19,22H,(H,23,24);/q;+1/p-1. The molecule has 0 bridgehead atoms. The van der Waals surface area contributed by atoms with Crippen LogP contribution in [-0.4, -0.2) is 16.9 Å². The van der Waals surface area contributed by atoms with E-state index in [1.165, 1.54) is 18.2 Å². The molecule has 0 fully saturated rings. The van der Waals surface area contributed by atoms with E-state index in [4.69, 9.17) is 0 Å². The van der Waals surface area contributed by atoms with Crippen LogP contribution in [0.25, 0.3) is 0 Å². The molecule has 0 aliphatic heterocycles. The van der Waals surface area contributed by atoms with E-state index in [1.807, 2.05) is 0 Å². The Morgan fingerprint density at radius 2 is 1.60 bits per heavy atom. The molecule has 0 saturated heterocycles. The van der Waals surface area contributed by atoms with Crippen molar-refractivity contribution >= 4 is 11.8 Å². The minimum absolute atomic E-state index is 0. The fraction of sp³-hybridized carbons (Fsp3) is 0.100. The molecule has 1 aliphatic carbocycles. The first-order valence-corrected chi connectivity index (χ1v) is 7.56. The normalized spacial score (nSPS) is 14.8. The van der Waals surface area contributed by atoms with Crippen LogP contribution in [0.2, 0.25) is 0 Å².